The number of carbonyl (C=O) groups excluding carboxylic acids is 1. The van der Waals surface area contributed by atoms with Crippen LogP contribution < -0.4 is 0 Å². The number of rotatable bonds is 6. The predicted molar refractivity (Wildman–Crippen MR) is 82.8 cm³/mol. The Labute approximate surface area is 125 Å². The van der Waals surface area contributed by atoms with Crippen molar-refractivity contribution in [1.82, 2.24) is 9.80 Å². The highest BCUT2D eigenvalue weighted by Gasteiger charge is 2.28. The molecular weight excluding hydrogens is 272 g/mol. The summed E-state index contributed by atoms with van der Waals surface area (Å²) in [5.41, 5.74) is 0. The maximum atomic E-state index is 12.2. The quantitative estimate of drug-likeness (QED) is 0.808. The lowest BCUT2D eigenvalue weighted by Gasteiger charge is -2.26. The largest absolute Gasteiger partial charge is 0.467 e. The highest BCUT2D eigenvalue weighted by Crippen LogP contribution is 2.30. The third-order valence-corrected chi connectivity index (χ3v) is 5.19. The molecule has 0 saturated heterocycles. The van der Waals surface area contributed by atoms with Crippen LogP contribution in [-0.4, -0.2) is 53.9 Å². The third kappa shape index (κ3) is 4.03. The van der Waals surface area contributed by atoms with Gasteiger partial charge < -0.3 is 9.32 Å². The van der Waals surface area contributed by atoms with Crippen molar-refractivity contribution in [2.75, 3.05) is 26.9 Å². The topological polar surface area (TPSA) is 36.7 Å². The van der Waals surface area contributed by atoms with Crippen molar-refractivity contribution in [3.63, 3.8) is 0 Å². The van der Waals surface area contributed by atoms with E-state index in [1.807, 2.05) is 30.9 Å². The molecule has 1 aliphatic rings. The van der Waals surface area contributed by atoms with E-state index in [1.165, 1.54) is 19.3 Å². The van der Waals surface area contributed by atoms with Crippen LogP contribution in [-0.2, 0) is 11.3 Å². The molecule has 2 atom stereocenters. The molecule has 2 rings (SSSR count). The van der Waals surface area contributed by atoms with Gasteiger partial charge >= 0.3 is 0 Å². The average molecular weight is 296 g/mol. The van der Waals surface area contributed by atoms with Crippen LogP contribution in [0, 0.1) is 0 Å². The minimum absolute atomic E-state index is 0.150. The number of hydrogen-bond donors (Lipinski definition) is 0. The maximum absolute atomic E-state index is 12.2. The van der Waals surface area contributed by atoms with Gasteiger partial charge in [-0.2, -0.15) is 11.8 Å². The van der Waals surface area contributed by atoms with Gasteiger partial charge in [0.1, 0.15) is 5.76 Å². The number of furan rings is 1. The number of amides is 1. The van der Waals surface area contributed by atoms with Crippen LogP contribution in [0.1, 0.15) is 25.0 Å². The van der Waals surface area contributed by atoms with Crippen LogP contribution in [0.2, 0.25) is 0 Å². The molecule has 4 nitrogen and oxygen atoms in total. The summed E-state index contributed by atoms with van der Waals surface area (Å²) in [6.07, 6.45) is 7.49. The zero-order chi connectivity index (χ0) is 14.5. The van der Waals surface area contributed by atoms with E-state index in [9.17, 15) is 4.79 Å². The van der Waals surface area contributed by atoms with Crippen molar-refractivity contribution in [3.8, 4) is 0 Å². The Hall–Kier alpha value is -0.940. The number of nitrogens with zero attached hydrogens (tertiary/aromatic N) is 2. The monoisotopic (exact) mass is 296 g/mol. The smallest absolute Gasteiger partial charge is 0.236 e. The number of hydrogen-bond acceptors (Lipinski definition) is 4. The van der Waals surface area contributed by atoms with E-state index in [4.69, 9.17) is 4.42 Å². The Morgan fingerprint density at radius 3 is 2.85 bits per heavy atom. The fourth-order valence-electron chi connectivity index (χ4n) is 2.72. The molecule has 0 bridgehead atoms. The SMILES string of the molecule is CS[C@@H]1CC[C@@H](N(C)CC(=O)N(C)Cc2ccco2)C1. The summed E-state index contributed by atoms with van der Waals surface area (Å²) in [5, 5.41) is 0.762. The fourth-order valence-corrected chi connectivity index (χ4v) is 3.51. The number of likely N-dealkylation sites (N-methyl/N-ethyl adjacent to an activating group) is 2. The highest BCUT2D eigenvalue weighted by molar-refractivity contribution is 7.99. The van der Waals surface area contributed by atoms with E-state index in [0.29, 0.717) is 19.1 Å². The zero-order valence-electron chi connectivity index (χ0n) is 12.5. The highest BCUT2D eigenvalue weighted by atomic mass is 32.2. The van der Waals surface area contributed by atoms with Crippen molar-refractivity contribution in [3.05, 3.63) is 24.2 Å². The molecule has 1 aliphatic carbocycles. The molecule has 1 fully saturated rings. The Morgan fingerprint density at radius 1 is 1.45 bits per heavy atom. The van der Waals surface area contributed by atoms with Crippen molar-refractivity contribution < 1.29 is 9.21 Å². The van der Waals surface area contributed by atoms with Gasteiger partial charge in [0, 0.05) is 18.3 Å². The summed E-state index contributed by atoms with van der Waals surface area (Å²) in [7, 11) is 3.89. The Kier molecular flexibility index (Phi) is 5.54. The molecule has 0 aliphatic heterocycles. The van der Waals surface area contributed by atoms with Crippen LogP contribution in [0.25, 0.3) is 0 Å². The van der Waals surface area contributed by atoms with Crippen LogP contribution in [0.4, 0.5) is 0 Å². The van der Waals surface area contributed by atoms with Gasteiger partial charge in [-0.15, -0.1) is 0 Å². The molecule has 5 heteroatoms. The molecule has 0 unspecified atom stereocenters. The van der Waals surface area contributed by atoms with Gasteiger partial charge in [0.05, 0.1) is 19.4 Å². The van der Waals surface area contributed by atoms with Crippen LogP contribution in [0.5, 0.6) is 0 Å². The van der Waals surface area contributed by atoms with E-state index in [2.05, 4.69) is 18.2 Å². The van der Waals surface area contributed by atoms with Crippen LogP contribution in [0.3, 0.4) is 0 Å². The minimum atomic E-state index is 0.150. The first-order chi connectivity index (χ1) is 9.60. The van der Waals surface area contributed by atoms with E-state index in [1.54, 1.807) is 11.2 Å². The predicted octanol–water partition coefficient (Wildman–Crippen LogP) is 2.45. The molecule has 0 radical (unpaired) electrons. The fraction of sp³-hybridized carbons (Fsp3) is 0.667. The molecule has 1 aromatic heterocycles. The van der Waals surface area contributed by atoms with Gasteiger partial charge in [0.15, 0.2) is 0 Å². The number of carbonyl (C=O) groups is 1. The minimum Gasteiger partial charge on any atom is -0.467 e. The zero-order valence-corrected chi connectivity index (χ0v) is 13.4. The Bertz CT molecular complexity index is 422. The van der Waals surface area contributed by atoms with Gasteiger partial charge in [-0.05, 0) is 44.7 Å². The summed E-state index contributed by atoms with van der Waals surface area (Å²) in [6, 6.07) is 4.29. The van der Waals surface area contributed by atoms with Crippen molar-refractivity contribution in [2.24, 2.45) is 0 Å². The number of thioether (sulfide) groups is 1. The lowest BCUT2D eigenvalue weighted by Crippen LogP contribution is -2.40. The lowest BCUT2D eigenvalue weighted by atomic mass is 10.2. The average Bonchev–Trinajstić information content (AvgIpc) is 3.09. The standard InChI is InChI=1S/C15H24N2O2S/c1-16(12-6-7-14(9-12)20-3)11-15(18)17(2)10-13-5-4-8-19-13/h4-5,8,12,14H,6-7,9-11H2,1-3H3/t12-,14-/m1/s1. The molecule has 20 heavy (non-hydrogen) atoms. The first-order valence-electron chi connectivity index (χ1n) is 7.09. The van der Waals surface area contributed by atoms with Crippen LogP contribution in [0.15, 0.2) is 22.8 Å². The third-order valence-electron chi connectivity index (χ3n) is 4.10. The molecule has 0 N–H and O–H groups in total. The van der Waals surface area contributed by atoms with Gasteiger partial charge in [-0.1, -0.05) is 0 Å². The lowest BCUT2D eigenvalue weighted by molar-refractivity contribution is -0.132. The van der Waals surface area contributed by atoms with Crippen molar-refractivity contribution in [1.29, 1.82) is 0 Å². The normalized spacial score (nSPS) is 22.4. The van der Waals surface area contributed by atoms with Gasteiger partial charge in [-0.25, -0.2) is 0 Å². The van der Waals surface area contributed by atoms with Crippen molar-refractivity contribution in [2.45, 2.75) is 37.1 Å². The molecular formula is C15H24N2O2S. The maximum Gasteiger partial charge on any atom is 0.236 e. The summed E-state index contributed by atoms with van der Waals surface area (Å²) >= 11 is 1.95. The van der Waals surface area contributed by atoms with Crippen LogP contribution >= 0.6 is 11.8 Å². The summed E-state index contributed by atoms with van der Waals surface area (Å²) in [5.74, 6) is 0.975. The molecule has 1 heterocycles. The molecule has 0 spiro atoms. The molecule has 1 saturated carbocycles. The van der Waals surface area contributed by atoms with Crippen molar-refractivity contribution >= 4 is 17.7 Å². The second kappa shape index (κ2) is 7.18. The molecule has 0 aromatic carbocycles. The van der Waals surface area contributed by atoms with E-state index < -0.39 is 0 Å². The summed E-state index contributed by atoms with van der Waals surface area (Å²) < 4.78 is 5.28. The molecule has 1 aromatic rings. The van der Waals surface area contributed by atoms with Gasteiger partial charge in [-0.3, -0.25) is 9.69 Å². The van der Waals surface area contributed by atoms with E-state index in [-0.39, 0.29) is 5.91 Å². The Morgan fingerprint density at radius 2 is 2.25 bits per heavy atom. The first-order valence-corrected chi connectivity index (χ1v) is 8.38. The summed E-state index contributed by atoms with van der Waals surface area (Å²) in [6.45, 7) is 1.03. The second-order valence-electron chi connectivity index (χ2n) is 5.57. The van der Waals surface area contributed by atoms with E-state index >= 15 is 0 Å². The van der Waals surface area contributed by atoms with Gasteiger partial charge in [0.25, 0.3) is 0 Å². The molecule has 1 amide bonds. The van der Waals surface area contributed by atoms with E-state index in [0.717, 1.165) is 11.0 Å². The second-order valence-corrected chi connectivity index (χ2v) is 6.71. The Balaban J connectivity index is 1.78. The summed E-state index contributed by atoms with van der Waals surface area (Å²) in [4.78, 5) is 16.2. The first kappa shape index (κ1) is 15.4. The van der Waals surface area contributed by atoms with Gasteiger partial charge in [0.2, 0.25) is 5.91 Å². The molecule has 112 valence electrons.